The van der Waals surface area contributed by atoms with Gasteiger partial charge in [0.05, 0.1) is 11.3 Å². The van der Waals surface area contributed by atoms with E-state index in [1.54, 1.807) is 13.8 Å². The van der Waals surface area contributed by atoms with E-state index in [1.165, 1.54) is 11.8 Å². The van der Waals surface area contributed by atoms with E-state index < -0.39 is 11.3 Å². The van der Waals surface area contributed by atoms with Gasteiger partial charge in [-0.1, -0.05) is 13.8 Å². The highest BCUT2D eigenvalue weighted by Crippen LogP contribution is 2.17. The van der Waals surface area contributed by atoms with Crippen molar-refractivity contribution in [2.45, 2.75) is 45.4 Å². The quantitative estimate of drug-likeness (QED) is 0.538. The Hall–Kier alpha value is -1.08. The van der Waals surface area contributed by atoms with Gasteiger partial charge < -0.3 is 16.4 Å². The number of hydrogen-bond donors (Lipinski definition) is 3. The lowest BCUT2D eigenvalue weighted by molar-refractivity contribution is -0.125. The number of rotatable bonds is 10. The molecule has 0 aromatic carbocycles. The molecule has 0 aromatic heterocycles. The first-order valence-corrected chi connectivity index (χ1v) is 8.33. The Labute approximate surface area is 131 Å². The SMILES string of the molecule is CCNC(=O)CC(SCC(N)C(=O)C(C)C)C(=O)NCC. The second-order valence-electron chi connectivity index (χ2n) is 5.04. The fourth-order valence-corrected chi connectivity index (χ4v) is 2.79. The zero-order valence-electron chi connectivity index (χ0n) is 13.3. The lowest BCUT2D eigenvalue weighted by atomic mass is 10.0. The largest absolute Gasteiger partial charge is 0.356 e. The van der Waals surface area contributed by atoms with Gasteiger partial charge in [0.2, 0.25) is 11.8 Å². The van der Waals surface area contributed by atoms with E-state index in [1.807, 2.05) is 13.8 Å². The van der Waals surface area contributed by atoms with Crippen molar-refractivity contribution in [3.8, 4) is 0 Å². The number of thioether (sulfide) groups is 1. The molecule has 0 aliphatic carbocycles. The zero-order chi connectivity index (χ0) is 16.4. The first-order valence-electron chi connectivity index (χ1n) is 7.28. The van der Waals surface area contributed by atoms with Gasteiger partial charge in [-0.15, -0.1) is 11.8 Å². The second-order valence-corrected chi connectivity index (χ2v) is 6.27. The molecule has 0 bridgehead atoms. The highest BCUT2D eigenvalue weighted by molar-refractivity contribution is 8.00. The second kappa shape index (κ2) is 10.6. The average molecular weight is 317 g/mol. The van der Waals surface area contributed by atoms with E-state index in [-0.39, 0.29) is 29.9 Å². The third-order valence-electron chi connectivity index (χ3n) is 2.80. The molecule has 0 aromatic rings. The van der Waals surface area contributed by atoms with Gasteiger partial charge in [0.25, 0.3) is 0 Å². The lowest BCUT2D eigenvalue weighted by Crippen LogP contribution is -2.40. The van der Waals surface area contributed by atoms with Gasteiger partial charge in [0.1, 0.15) is 0 Å². The molecule has 0 radical (unpaired) electrons. The summed E-state index contributed by atoms with van der Waals surface area (Å²) in [5.74, 6) is -0.205. The average Bonchev–Trinajstić information content (AvgIpc) is 2.42. The molecule has 6 nitrogen and oxygen atoms in total. The Balaban J connectivity index is 4.56. The molecule has 0 aliphatic heterocycles. The first kappa shape index (κ1) is 19.9. The number of ketones is 1. The summed E-state index contributed by atoms with van der Waals surface area (Å²) < 4.78 is 0. The van der Waals surface area contributed by atoms with Crippen molar-refractivity contribution in [2.75, 3.05) is 18.8 Å². The van der Waals surface area contributed by atoms with Crippen LogP contribution < -0.4 is 16.4 Å². The highest BCUT2D eigenvalue weighted by atomic mass is 32.2. The molecular weight excluding hydrogens is 290 g/mol. The van der Waals surface area contributed by atoms with Crippen LogP contribution in [0.4, 0.5) is 0 Å². The Kier molecular flexibility index (Phi) is 10.1. The molecule has 0 saturated heterocycles. The summed E-state index contributed by atoms with van der Waals surface area (Å²) in [5, 5.41) is 4.85. The van der Waals surface area contributed by atoms with E-state index in [9.17, 15) is 14.4 Å². The molecule has 21 heavy (non-hydrogen) atoms. The topological polar surface area (TPSA) is 101 Å². The van der Waals surface area contributed by atoms with Crippen LogP contribution in [-0.2, 0) is 14.4 Å². The predicted molar refractivity (Wildman–Crippen MR) is 86.1 cm³/mol. The number of nitrogens with one attached hydrogen (secondary N) is 2. The monoisotopic (exact) mass is 317 g/mol. The molecule has 122 valence electrons. The van der Waals surface area contributed by atoms with Crippen molar-refractivity contribution >= 4 is 29.4 Å². The molecule has 0 heterocycles. The maximum Gasteiger partial charge on any atom is 0.233 e. The van der Waals surface area contributed by atoms with Crippen molar-refractivity contribution in [3.63, 3.8) is 0 Å². The third kappa shape index (κ3) is 8.06. The van der Waals surface area contributed by atoms with Crippen LogP contribution in [-0.4, -0.2) is 47.7 Å². The summed E-state index contributed by atoms with van der Waals surface area (Å²) in [6, 6.07) is -0.610. The number of hydrogen-bond acceptors (Lipinski definition) is 5. The van der Waals surface area contributed by atoms with Gasteiger partial charge in [-0.2, -0.15) is 0 Å². The van der Waals surface area contributed by atoms with Crippen molar-refractivity contribution in [1.82, 2.24) is 10.6 Å². The minimum Gasteiger partial charge on any atom is -0.356 e. The van der Waals surface area contributed by atoms with Crippen molar-refractivity contribution < 1.29 is 14.4 Å². The molecule has 2 unspecified atom stereocenters. The molecule has 4 N–H and O–H groups in total. The number of nitrogens with two attached hydrogens (primary N) is 1. The van der Waals surface area contributed by atoms with Gasteiger partial charge in [0.15, 0.2) is 5.78 Å². The molecule has 2 atom stereocenters. The highest BCUT2D eigenvalue weighted by Gasteiger charge is 2.25. The molecule has 2 amide bonds. The summed E-state index contributed by atoms with van der Waals surface area (Å²) in [6.07, 6.45) is 0.0902. The fourth-order valence-electron chi connectivity index (χ4n) is 1.68. The smallest absolute Gasteiger partial charge is 0.233 e. The first-order chi connectivity index (χ1) is 9.83. The normalized spacial score (nSPS) is 13.6. The summed E-state index contributed by atoms with van der Waals surface area (Å²) >= 11 is 1.26. The molecule has 7 heteroatoms. The minimum atomic E-state index is -0.610. The molecular formula is C14H27N3O3S. The van der Waals surface area contributed by atoms with Gasteiger partial charge in [0, 0.05) is 31.2 Å². The van der Waals surface area contributed by atoms with Crippen LogP contribution in [0.5, 0.6) is 0 Å². The van der Waals surface area contributed by atoms with E-state index in [2.05, 4.69) is 10.6 Å². The van der Waals surface area contributed by atoms with E-state index >= 15 is 0 Å². The Morgan fingerprint density at radius 1 is 1.10 bits per heavy atom. The van der Waals surface area contributed by atoms with Crippen molar-refractivity contribution in [2.24, 2.45) is 11.7 Å². The Morgan fingerprint density at radius 2 is 1.67 bits per heavy atom. The summed E-state index contributed by atoms with van der Waals surface area (Å²) in [4.78, 5) is 35.4. The predicted octanol–water partition coefficient (Wildman–Crippen LogP) is 0.303. The van der Waals surface area contributed by atoms with Crippen LogP contribution in [0.3, 0.4) is 0 Å². The molecule has 0 rings (SSSR count). The van der Waals surface area contributed by atoms with Crippen molar-refractivity contribution in [3.05, 3.63) is 0 Å². The third-order valence-corrected chi connectivity index (χ3v) is 4.13. The number of Topliss-reactive ketones (excluding diaryl/α,β-unsaturated/α-hetero) is 1. The summed E-state index contributed by atoms with van der Waals surface area (Å²) in [5.41, 5.74) is 5.83. The van der Waals surface area contributed by atoms with Crippen LogP contribution in [0, 0.1) is 5.92 Å². The molecule has 0 aliphatic rings. The van der Waals surface area contributed by atoms with Gasteiger partial charge >= 0.3 is 0 Å². The lowest BCUT2D eigenvalue weighted by Gasteiger charge is -2.18. The van der Waals surface area contributed by atoms with Crippen LogP contribution in [0.2, 0.25) is 0 Å². The summed E-state index contributed by atoms with van der Waals surface area (Å²) in [6.45, 7) is 8.26. The fraction of sp³-hybridized carbons (Fsp3) is 0.786. The Bertz CT molecular complexity index is 361. The summed E-state index contributed by atoms with van der Waals surface area (Å²) in [7, 11) is 0. The zero-order valence-corrected chi connectivity index (χ0v) is 14.1. The maximum atomic E-state index is 12.0. The van der Waals surface area contributed by atoms with Crippen LogP contribution in [0.15, 0.2) is 0 Å². The Morgan fingerprint density at radius 3 is 2.14 bits per heavy atom. The van der Waals surface area contributed by atoms with Gasteiger partial charge in [-0.25, -0.2) is 0 Å². The number of amides is 2. The van der Waals surface area contributed by atoms with Crippen LogP contribution in [0.1, 0.15) is 34.1 Å². The van der Waals surface area contributed by atoms with E-state index in [0.29, 0.717) is 18.8 Å². The number of carbonyl (C=O) groups is 3. The minimum absolute atomic E-state index is 0.0323. The maximum absolute atomic E-state index is 12.0. The van der Waals surface area contributed by atoms with Gasteiger partial charge in [-0.05, 0) is 13.8 Å². The van der Waals surface area contributed by atoms with Crippen LogP contribution in [0.25, 0.3) is 0 Å². The van der Waals surface area contributed by atoms with Crippen molar-refractivity contribution in [1.29, 1.82) is 0 Å². The van der Waals surface area contributed by atoms with Gasteiger partial charge in [-0.3, -0.25) is 14.4 Å². The molecule has 0 saturated carbocycles. The van der Waals surface area contributed by atoms with Crippen LogP contribution >= 0.6 is 11.8 Å². The van der Waals surface area contributed by atoms with E-state index in [0.717, 1.165) is 0 Å². The molecule has 0 spiro atoms. The van der Waals surface area contributed by atoms with E-state index in [4.69, 9.17) is 5.73 Å². The standard InChI is InChI=1S/C14H27N3O3S/c1-5-16-12(18)7-11(14(20)17-6-2)21-8-10(15)13(19)9(3)4/h9-11H,5-8,15H2,1-4H3,(H,16,18)(H,17,20). The molecule has 0 fully saturated rings. The number of carbonyl (C=O) groups excluding carboxylic acids is 3.